The van der Waals surface area contributed by atoms with E-state index in [0.29, 0.717) is 12.1 Å². The van der Waals surface area contributed by atoms with Crippen molar-refractivity contribution < 1.29 is 4.74 Å². The van der Waals surface area contributed by atoms with E-state index in [1.54, 1.807) is 0 Å². The van der Waals surface area contributed by atoms with E-state index in [1.165, 1.54) is 57.9 Å². The van der Waals surface area contributed by atoms with Gasteiger partial charge in [-0.3, -0.25) is 4.90 Å². The van der Waals surface area contributed by atoms with Crippen molar-refractivity contribution in [1.82, 2.24) is 10.2 Å². The molecule has 1 aliphatic heterocycles. The standard InChI is InChI=1S/C17H34N2O/c1-4-18-15-10-7-5-6-8-11-16(15)19-13-9-12-17(2,14-19)20-3/h15-16,18H,4-14H2,1-3H3. The molecule has 1 N–H and O–H groups in total. The Kier molecular flexibility index (Phi) is 6.31. The van der Waals surface area contributed by atoms with Crippen LogP contribution in [0.15, 0.2) is 0 Å². The number of methoxy groups -OCH3 is 1. The Hall–Kier alpha value is -0.120. The number of likely N-dealkylation sites (tertiary alicyclic amines) is 1. The third kappa shape index (κ3) is 4.19. The second-order valence-electron chi connectivity index (χ2n) is 6.95. The van der Waals surface area contributed by atoms with Crippen molar-refractivity contribution >= 4 is 0 Å². The Morgan fingerprint density at radius 1 is 1.15 bits per heavy atom. The van der Waals surface area contributed by atoms with Gasteiger partial charge >= 0.3 is 0 Å². The molecule has 0 aromatic rings. The Bertz CT molecular complexity index is 284. The Morgan fingerprint density at radius 2 is 1.90 bits per heavy atom. The molecule has 2 aliphatic rings. The van der Waals surface area contributed by atoms with Gasteiger partial charge in [0, 0.05) is 25.7 Å². The zero-order chi connectivity index (χ0) is 14.4. The SMILES string of the molecule is CCNC1CCCCCCC1N1CCCC(C)(OC)C1. The van der Waals surface area contributed by atoms with Crippen molar-refractivity contribution in [1.29, 1.82) is 0 Å². The summed E-state index contributed by atoms with van der Waals surface area (Å²) in [6.07, 6.45) is 10.8. The smallest absolute Gasteiger partial charge is 0.0777 e. The van der Waals surface area contributed by atoms with E-state index in [4.69, 9.17) is 4.74 Å². The molecule has 0 amide bonds. The highest BCUT2D eigenvalue weighted by molar-refractivity contribution is 4.92. The first-order valence-corrected chi connectivity index (χ1v) is 8.71. The number of rotatable bonds is 4. The fourth-order valence-corrected chi connectivity index (χ4v) is 4.10. The highest BCUT2D eigenvalue weighted by Gasteiger charge is 2.36. The van der Waals surface area contributed by atoms with Crippen LogP contribution in [0.3, 0.4) is 0 Å². The third-order valence-electron chi connectivity index (χ3n) is 5.35. The number of piperidine rings is 1. The summed E-state index contributed by atoms with van der Waals surface area (Å²) in [7, 11) is 1.88. The van der Waals surface area contributed by atoms with Gasteiger partial charge in [-0.2, -0.15) is 0 Å². The fourth-order valence-electron chi connectivity index (χ4n) is 4.10. The van der Waals surface area contributed by atoms with Gasteiger partial charge in [-0.1, -0.05) is 32.6 Å². The molecular formula is C17H34N2O. The van der Waals surface area contributed by atoms with E-state index in [9.17, 15) is 0 Å². The molecule has 3 heteroatoms. The molecule has 20 heavy (non-hydrogen) atoms. The molecule has 1 heterocycles. The molecule has 118 valence electrons. The number of likely N-dealkylation sites (N-methyl/N-ethyl adjacent to an activating group) is 1. The lowest BCUT2D eigenvalue weighted by molar-refractivity contribution is -0.0668. The molecule has 0 radical (unpaired) electrons. The summed E-state index contributed by atoms with van der Waals surface area (Å²) in [5.41, 5.74) is 0.0668. The minimum atomic E-state index is 0.0668. The normalized spacial score (nSPS) is 37.4. The van der Waals surface area contributed by atoms with Gasteiger partial charge in [0.05, 0.1) is 5.60 Å². The van der Waals surface area contributed by atoms with Crippen LogP contribution in [0, 0.1) is 0 Å². The molecule has 1 aliphatic carbocycles. The molecule has 1 saturated heterocycles. The molecule has 3 atom stereocenters. The van der Waals surface area contributed by atoms with E-state index in [0.717, 1.165) is 13.1 Å². The molecule has 0 spiro atoms. The van der Waals surface area contributed by atoms with Crippen molar-refractivity contribution in [3.63, 3.8) is 0 Å². The second kappa shape index (κ2) is 7.77. The van der Waals surface area contributed by atoms with Crippen LogP contribution in [0.2, 0.25) is 0 Å². The number of ether oxygens (including phenoxy) is 1. The monoisotopic (exact) mass is 282 g/mol. The molecule has 3 nitrogen and oxygen atoms in total. The fraction of sp³-hybridized carbons (Fsp3) is 1.00. The Morgan fingerprint density at radius 3 is 2.60 bits per heavy atom. The van der Waals surface area contributed by atoms with Crippen LogP contribution < -0.4 is 5.32 Å². The lowest BCUT2D eigenvalue weighted by atomic mass is 9.87. The maximum atomic E-state index is 5.79. The zero-order valence-electron chi connectivity index (χ0n) is 13.8. The van der Waals surface area contributed by atoms with Gasteiger partial charge in [0.2, 0.25) is 0 Å². The van der Waals surface area contributed by atoms with Gasteiger partial charge in [0.1, 0.15) is 0 Å². The van der Waals surface area contributed by atoms with Gasteiger partial charge in [-0.15, -0.1) is 0 Å². The Balaban J connectivity index is 2.04. The number of hydrogen-bond acceptors (Lipinski definition) is 3. The van der Waals surface area contributed by atoms with Crippen LogP contribution in [0.1, 0.15) is 65.2 Å². The van der Waals surface area contributed by atoms with Gasteiger partial charge in [0.15, 0.2) is 0 Å². The zero-order valence-corrected chi connectivity index (χ0v) is 13.8. The van der Waals surface area contributed by atoms with Crippen LogP contribution in [-0.4, -0.2) is 49.3 Å². The van der Waals surface area contributed by atoms with Crippen LogP contribution in [-0.2, 0) is 4.74 Å². The van der Waals surface area contributed by atoms with E-state index >= 15 is 0 Å². The van der Waals surface area contributed by atoms with Crippen LogP contribution >= 0.6 is 0 Å². The van der Waals surface area contributed by atoms with E-state index < -0.39 is 0 Å². The summed E-state index contributed by atoms with van der Waals surface area (Å²) in [5.74, 6) is 0. The first kappa shape index (κ1) is 16.3. The van der Waals surface area contributed by atoms with Crippen molar-refractivity contribution in [3.05, 3.63) is 0 Å². The van der Waals surface area contributed by atoms with Gasteiger partial charge in [0.25, 0.3) is 0 Å². The Labute approximate surface area is 125 Å². The molecular weight excluding hydrogens is 248 g/mol. The first-order valence-electron chi connectivity index (χ1n) is 8.71. The number of nitrogens with one attached hydrogen (secondary N) is 1. The summed E-state index contributed by atoms with van der Waals surface area (Å²) >= 11 is 0. The van der Waals surface area contributed by atoms with E-state index in [-0.39, 0.29) is 5.60 Å². The molecule has 0 bridgehead atoms. The summed E-state index contributed by atoms with van der Waals surface area (Å²) in [6.45, 7) is 7.98. The van der Waals surface area contributed by atoms with Gasteiger partial charge in [-0.05, 0) is 45.7 Å². The highest BCUT2D eigenvalue weighted by Crippen LogP contribution is 2.29. The van der Waals surface area contributed by atoms with Crippen molar-refractivity contribution in [3.8, 4) is 0 Å². The van der Waals surface area contributed by atoms with Crippen molar-refractivity contribution in [2.75, 3.05) is 26.7 Å². The lowest BCUT2D eigenvalue weighted by Crippen LogP contribution is -2.57. The minimum absolute atomic E-state index is 0.0668. The van der Waals surface area contributed by atoms with Crippen molar-refractivity contribution in [2.24, 2.45) is 0 Å². The molecule has 2 rings (SSSR count). The van der Waals surface area contributed by atoms with E-state index in [2.05, 4.69) is 24.1 Å². The highest BCUT2D eigenvalue weighted by atomic mass is 16.5. The molecule has 2 fully saturated rings. The van der Waals surface area contributed by atoms with Gasteiger partial charge < -0.3 is 10.1 Å². The second-order valence-corrected chi connectivity index (χ2v) is 6.95. The molecule has 3 unspecified atom stereocenters. The largest absolute Gasteiger partial charge is 0.377 e. The molecule has 0 aromatic carbocycles. The summed E-state index contributed by atoms with van der Waals surface area (Å²) < 4.78 is 5.79. The summed E-state index contributed by atoms with van der Waals surface area (Å²) in [5, 5.41) is 3.76. The first-order chi connectivity index (χ1) is 9.68. The van der Waals surface area contributed by atoms with Gasteiger partial charge in [-0.25, -0.2) is 0 Å². The summed E-state index contributed by atoms with van der Waals surface area (Å²) in [4.78, 5) is 2.73. The quantitative estimate of drug-likeness (QED) is 0.857. The predicted molar refractivity (Wildman–Crippen MR) is 85.2 cm³/mol. The average Bonchev–Trinajstić information content (AvgIpc) is 2.42. The number of hydrogen-bond donors (Lipinski definition) is 1. The van der Waals surface area contributed by atoms with Crippen LogP contribution in [0.4, 0.5) is 0 Å². The van der Waals surface area contributed by atoms with Crippen molar-refractivity contribution in [2.45, 2.75) is 82.9 Å². The maximum Gasteiger partial charge on any atom is 0.0777 e. The minimum Gasteiger partial charge on any atom is -0.377 e. The summed E-state index contributed by atoms with van der Waals surface area (Å²) in [6, 6.07) is 1.39. The topological polar surface area (TPSA) is 24.5 Å². The average molecular weight is 282 g/mol. The van der Waals surface area contributed by atoms with E-state index in [1.807, 2.05) is 7.11 Å². The number of nitrogens with zero attached hydrogens (tertiary/aromatic N) is 1. The predicted octanol–water partition coefficient (Wildman–Crippen LogP) is 3.19. The maximum absolute atomic E-state index is 5.79. The van der Waals surface area contributed by atoms with Crippen LogP contribution in [0.5, 0.6) is 0 Å². The third-order valence-corrected chi connectivity index (χ3v) is 5.35. The molecule has 0 aromatic heterocycles. The van der Waals surface area contributed by atoms with Crippen LogP contribution in [0.25, 0.3) is 0 Å². The lowest BCUT2D eigenvalue weighted by Gasteiger charge is -2.46. The molecule has 1 saturated carbocycles.